The van der Waals surface area contributed by atoms with Gasteiger partial charge in [-0.05, 0) is 6.07 Å². The molecule has 0 amide bonds. The Labute approximate surface area is 70.8 Å². The molecule has 1 aromatic heterocycles. The number of hydrogen-bond donors (Lipinski definition) is 1. The Hall–Kier alpha value is -1.59. The van der Waals surface area contributed by atoms with Crippen molar-refractivity contribution >= 4 is 5.97 Å². The van der Waals surface area contributed by atoms with Crippen LogP contribution in [0.1, 0.15) is 22.5 Å². The summed E-state index contributed by atoms with van der Waals surface area (Å²) >= 11 is 0. The van der Waals surface area contributed by atoms with Crippen molar-refractivity contribution in [3.63, 3.8) is 0 Å². The number of aromatic carboxylic acids is 1. The number of nitrogens with zero attached hydrogens (tertiary/aromatic N) is 1. The van der Waals surface area contributed by atoms with Gasteiger partial charge in [-0.1, -0.05) is 0 Å². The van der Waals surface area contributed by atoms with Crippen LogP contribution in [0, 0.1) is 5.82 Å². The first-order valence-electron chi connectivity index (χ1n) is 3.19. The molecular weight excluding hydrogens is 187 g/mol. The van der Waals surface area contributed by atoms with E-state index >= 15 is 0 Å². The third kappa shape index (κ3) is 1.95. The highest BCUT2D eigenvalue weighted by Crippen LogP contribution is 2.19. The van der Waals surface area contributed by atoms with Crippen molar-refractivity contribution in [3.8, 4) is 0 Å². The normalized spacial score (nSPS) is 10.5. The average molecular weight is 191 g/mol. The summed E-state index contributed by atoms with van der Waals surface area (Å²) in [6.07, 6.45) is -2.22. The zero-order valence-electron chi connectivity index (χ0n) is 6.17. The Morgan fingerprint density at radius 3 is 2.54 bits per heavy atom. The van der Waals surface area contributed by atoms with Crippen molar-refractivity contribution in [3.05, 3.63) is 29.3 Å². The van der Waals surface area contributed by atoms with Gasteiger partial charge in [-0.15, -0.1) is 0 Å². The van der Waals surface area contributed by atoms with Crippen LogP contribution in [0.2, 0.25) is 0 Å². The lowest BCUT2D eigenvalue weighted by atomic mass is 10.2. The SMILES string of the molecule is O=C(O)c1ncc(C(F)F)cc1F. The van der Waals surface area contributed by atoms with Gasteiger partial charge in [-0.3, -0.25) is 0 Å². The molecule has 1 heterocycles. The van der Waals surface area contributed by atoms with E-state index in [4.69, 9.17) is 5.11 Å². The summed E-state index contributed by atoms with van der Waals surface area (Å²) in [5, 5.41) is 8.31. The second-order valence-corrected chi connectivity index (χ2v) is 2.20. The van der Waals surface area contributed by atoms with Crippen LogP contribution in [-0.4, -0.2) is 16.1 Å². The molecule has 0 fully saturated rings. The molecule has 0 aliphatic rings. The number of hydrogen-bond acceptors (Lipinski definition) is 2. The zero-order chi connectivity index (χ0) is 10.0. The van der Waals surface area contributed by atoms with Crippen molar-refractivity contribution in [2.75, 3.05) is 0 Å². The predicted octanol–water partition coefficient (Wildman–Crippen LogP) is 1.86. The van der Waals surface area contributed by atoms with E-state index in [9.17, 15) is 18.0 Å². The number of carbonyl (C=O) groups is 1. The van der Waals surface area contributed by atoms with E-state index in [0.717, 1.165) is 0 Å². The van der Waals surface area contributed by atoms with Crippen molar-refractivity contribution in [1.82, 2.24) is 4.98 Å². The lowest BCUT2D eigenvalue weighted by Crippen LogP contribution is -2.05. The van der Waals surface area contributed by atoms with Gasteiger partial charge >= 0.3 is 5.97 Å². The molecule has 70 valence electrons. The molecular formula is C7H4F3NO2. The first kappa shape index (κ1) is 9.50. The molecule has 1 N–H and O–H groups in total. The molecule has 13 heavy (non-hydrogen) atoms. The molecule has 0 aromatic carbocycles. The number of halogens is 3. The lowest BCUT2D eigenvalue weighted by molar-refractivity contribution is 0.0684. The minimum absolute atomic E-state index is 0.459. The van der Waals surface area contributed by atoms with Gasteiger partial charge in [0.2, 0.25) is 0 Å². The van der Waals surface area contributed by atoms with E-state index in [-0.39, 0.29) is 0 Å². The molecule has 0 unspecified atom stereocenters. The quantitative estimate of drug-likeness (QED) is 0.776. The zero-order valence-corrected chi connectivity index (χ0v) is 6.17. The van der Waals surface area contributed by atoms with Gasteiger partial charge in [0.15, 0.2) is 11.5 Å². The van der Waals surface area contributed by atoms with E-state index < -0.39 is 29.5 Å². The molecule has 0 atom stereocenters. The number of rotatable bonds is 2. The monoisotopic (exact) mass is 191 g/mol. The maximum absolute atomic E-state index is 12.7. The highest BCUT2D eigenvalue weighted by atomic mass is 19.3. The summed E-state index contributed by atoms with van der Waals surface area (Å²) in [5.74, 6) is -2.84. The van der Waals surface area contributed by atoms with E-state index in [1.54, 1.807) is 0 Å². The highest BCUT2D eigenvalue weighted by molar-refractivity contribution is 5.85. The minimum atomic E-state index is -2.86. The van der Waals surface area contributed by atoms with Crippen LogP contribution in [0.15, 0.2) is 12.3 Å². The standard InChI is InChI=1S/C7H4F3NO2/c8-4-1-3(6(9)10)2-11-5(4)7(12)13/h1-2,6H,(H,12,13). The molecule has 1 rings (SSSR count). The second kappa shape index (κ2) is 3.42. The molecule has 3 nitrogen and oxygen atoms in total. The van der Waals surface area contributed by atoms with E-state index in [1.807, 2.05) is 0 Å². The topological polar surface area (TPSA) is 50.2 Å². The largest absolute Gasteiger partial charge is 0.476 e. The van der Waals surface area contributed by atoms with Crippen molar-refractivity contribution < 1.29 is 23.1 Å². The number of carboxylic acid groups (broad SMARTS) is 1. The summed E-state index contributed by atoms with van der Waals surface area (Å²) < 4.78 is 36.5. The van der Waals surface area contributed by atoms with Gasteiger partial charge in [0.1, 0.15) is 0 Å². The van der Waals surface area contributed by atoms with Crippen LogP contribution < -0.4 is 0 Å². The molecule has 1 aromatic rings. The Morgan fingerprint density at radius 2 is 2.15 bits per heavy atom. The maximum atomic E-state index is 12.7. The predicted molar refractivity (Wildman–Crippen MR) is 36.1 cm³/mol. The Balaban J connectivity index is 3.13. The Morgan fingerprint density at radius 1 is 1.54 bits per heavy atom. The third-order valence-electron chi connectivity index (χ3n) is 1.32. The first-order chi connectivity index (χ1) is 6.02. The van der Waals surface area contributed by atoms with Crippen LogP contribution in [-0.2, 0) is 0 Å². The smallest absolute Gasteiger partial charge is 0.357 e. The van der Waals surface area contributed by atoms with Gasteiger partial charge < -0.3 is 5.11 Å². The van der Waals surface area contributed by atoms with Crippen LogP contribution in [0.4, 0.5) is 13.2 Å². The van der Waals surface area contributed by atoms with Crippen molar-refractivity contribution in [2.45, 2.75) is 6.43 Å². The maximum Gasteiger partial charge on any atom is 0.357 e. The Bertz CT molecular complexity index is 341. The number of aromatic nitrogens is 1. The average Bonchev–Trinajstić information content (AvgIpc) is 2.03. The summed E-state index contributed by atoms with van der Waals surface area (Å²) in [5.41, 5.74) is -1.49. The number of carboxylic acids is 1. The van der Waals surface area contributed by atoms with Crippen molar-refractivity contribution in [2.24, 2.45) is 0 Å². The van der Waals surface area contributed by atoms with Crippen LogP contribution in [0.3, 0.4) is 0 Å². The highest BCUT2D eigenvalue weighted by Gasteiger charge is 2.15. The fourth-order valence-electron chi connectivity index (χ4n) is 0.729. The summed E-state index contributed by atoms with van der Waals surface area (Å²) in [6, 6.07) is 0.459. The van der Waals surface area contributed by atoms with E-state index in [0.29, 0.717) is 12.3 Å². The number of alkyl halides is 2. The van der Waals surface area contributed by atoms with E-state index in [1.165, 1.54) is 0 Å². The second-order valence-electron chi connectivity index (χ2n) is 2.20. The molecule has 0 aliphatic heterocycles. The lowest BCUT2D eigenvalue weighted by Gasteiger charge is -2.00. The fraction of sp³-hybridized carbons (Fsp3) is 0.143. The molecule has 0 radical (unpaired) electrons. The summed E-state index contributed by atoms with van der Waals surface area (Å²) in [7, 11) is 0. The van der Waals surface area contributed by atoms with E-state index in [2.05, 4.69) is 4.98 Å². The molecule has 6 heteroatoms. The third-order valence-corrected chi connectivity index (χ3v) is 1.32. The van der Waals surface area contributed by atoms with Gasteiger partial charge in [-0.2, -0.15) is 0 Å². The molecule has 0 spiro atoms. The Kier molecular flexibility index (Phi) is 2.50. The summed E-state index contributed by atoms with van der Waals surface area (Å²) in [4.78, 5) is 13.3. The fourth-order valence-corrected chi connectivity index (χ4v) is 0.729. The molecule has 0 saturated carbocycles. The number of pyridine rings is 1. The van der Waals surface area contributed by atoms with Gasteiger partial charge in [0.25, 0.3) is 6.43 Å². The van der Waals surface area contributed by atoms with Crippen LogP contribution in [0.5, 0.6) is 0 Å². The van der Waals surface area contributed by atoms with Gasteiger partial charge in [0, 0.05) is 11.8 Å². The van der Waals surface area contributed by atoms with Crippen LogP contribution >= 0.6 is 0 Å². The summed E-state index contributed by atoms with van der Waals surface area (Å²) in [6.45, 7) is 0. The van der Waals surface area contributed by atoms with Gasteiger partial charge in [-0.25, -0.2) is 22.9 Å². The molecule has 0 saturated heterocycles. The minimum Gasteiger partial charge on any atom is -0.476 e. The molecule has 0 aliphatic carbocycles. The van der Waals surface area contributed by atoms with Crippen molar-refractivity contribution in [1.29, 1.82) is 0 Å². The molecule has 0 bridgehead atoms. The van der Waals surface area contributed by atoms with Crippen LogP contribution in [0.25, 0.3) is 0 Å². The first-order valence-corrected chi connectivity index (χ1v) is 3.19. The van der Waals surface area contributed by atoms with Gasteiger partial charge in [0.05, 0.1) is 0 Å².